The average Bonchev–Trinajstić information content (AvgIpc) is 2.75. The fourth-order valence-electron chi connectivity index (χ4n) is 2.16. The maximum atomic E-state index is 12.1. The van der Waals surface area contributed by atoms with Crippen LogP contribution < -0.4 is 5.32 Å². The summed E-state index contributed by atoms with van der Waals surface area (Å²) in [6, 6.07) is 7.90. The molecule has 98 valence electrons. The van der Waals surface area contributed by atoms with Gasteiger partial charge in [-0.05, 0) is 25.5 Å². The van der Waals surface area contributed by atoms with E-state index in [1.54, 1.807) is 19.0 Å². The number of nitrogens with zero attached hydrogens (tertiary/aromatic N) is 1. The second kappa shape index (κ2) is 5.40. The molecule has 1 aliphatic rings. The summed E-state index contributed by atoms with van der Waals surface area (Å²) in [5.41, 5.74) is 1.60. The third kappa shape index (κ3) is 2.64. The summed E-state index contributed by atoms with van der Waals surface area (Å²) in [4.78, 5) is 13.7. The third-order valence-electron chi connectivity index (χ3n) is 3.28. The lowest BCUT2D eigenvalue weighted by atomic mass is 10.1. The van der Waals surface area contributed by atoms with Crippen LogP contribution in [0.3, 0.4) is 0 Å². The molecule has 0 bridgehead atoms. The minimum Gasteiger partial charge on any atom is -0.379 e. The molecule has 2 unspecified atom stereocenters. The molecular formula is C14H20N2O2. The van der Waals surface area contributed by atoms with E-state index < -0.39 is 0 Å². The van der Waals surface area contributed by atoms with Crippen LogP contribution in [0, 0.1) is 0 Å². The number of para-hydroxylation sites is 1. The van der Waals surface area contributed by atoms with Gasteiger partial charge in [0.2, 0.25) is 0 Å². The number of benzene rings is 1. The van der Waals surface area contributed by atoms with Crippen molar-refractivity contribution in [2.45, 2.75) is 25.5 Å². The summed E-state index contributed by atoms with van der Waals surface area (Å²) in [6.07, 6.45) is 1.17. The predicted molar refractivity (Wildman–Crippen MR) is 71.9 cm³/mol. The van der Waals surface area contributed by atoms with Crippen molar-refractivity contribution < 1.29 is 9.53 Å². The van der Waals surface area contributed by atoms with Gasteiger partial charge in [0, 0.05) is 26.4 Å². The molecule has 0 spiro atoms. The van der Waals surface area contributed by atoms with Gasteiger partial charge >= 0.3 is 0 Å². The van der Waals surface area contributed by atoms with Crippen molar-refractivity contribution >= 4 is 11.6 Å². The topological polar surface area (TPSA) is 41.6 Å². The van der Waals surface area contributed by atoms with Crippen LogP contribution in [0.5, 0.6) is 0 Å². The van der Waals surface area contributed by atoms with Crippen LogP contribution >= 0.6 is 0 Å². The van der Waals surface area contributed by atoms with Gasteiger partial charge in [0.25, 0.3) is 5.91 Å². The van der Waals surface area contributed by atoms with Gasteiger partial charge < -0.3 is 15.0 Å². The van der Waals surface area contributed by atoms with Crippen LogP contribution in [0.2, 0.25) is 0 Å². The normalized spacial score (nSPS) is 22.8. The summed E-state index contributed by atoms with van der Waals surface area (Å²) in [6.45, 7) is 2.84. The number of hydrogen-bond acceptors (Lipinski definition) is 3. The molecule has 2 atom stereocenters. The second-order valence-corrected chi connectivity index (χ2v) is 4.86. The fraction of sp³-hybridized carbons (Fsp3) is 0.500. The van der Waals surface area contributed by atoms with Gasteiger partial charge in [0.15, 0.2) is 0 Å². The molecular weight excluding hydrogens is 228 g/mol. The van der Waals surface area contributed by atoms with Crippen molar-refractivity contribution in [3.8, 4) is 0 Å². The van der Waals surface area contributed by atoms with E-state index in [-0.39, 0.29) is 18.1 Å². The first-order chi connectivity index (χ1) is 8.59. The number of ether oxygens (including phenoxy) is 1. The second-order valence-electron chi connectivity index (χ2n) is 4.86. The molecule has 1 saturated heterocycles. The molecule has 0 saturated carbocycles. The van der Waals surface area contributed by atoms with Crippen LogP contribution in [0.25, 0.3) is 0 Å². The Hall–Kier alpha value is -1.55. The standard InChI is InChI=1S/C14H20N2O2/c1-10-12(8-9-18-10)15-13-7-5-4-6-11(13)14(17)16(2)3/h4-7,10,12,15H,8-9H2,1-3H3. The molecule has 1 heterocycles. The van der Waals surface area contributed by atoms with E-state index in [1.165, 1.54) is 0 Å². The lowest BCUT2D eigenvalue weighted by molar-refractivity contribution is 0.0828. The molecule has 1 fully saturated rings. The van der Waals surface area contributed by atoms with Gasteiger partial charge in [-0.15, -0.1) is 0 Å². The zero-order valence-electron chi connectivity index (χ0n) is 11.1. The maximum absolute atomic E-state index is 12.1. The van der Waals surface area contributed by atoms with E-state index in [9.17, 15) is 4.79 Å². The SMILES string of the molecule is CC1OCCC1Nc1ccccc1C(=O)N(C)C. The van der Waals surface area contributed by atoms with Gasteiger partial charge in [0.05, 0.1) is 17.7 Å². The highest BCUT2D eigenvalue weighted by atomic mass is 16.5. The van der Waals surface area contributed by atoms with Crippen molar-refractivity contribution in [1.29, 1.82) is 0 Å². The number of hydrogen-bond donors (Lipinski definition) is 1. The van der Waals surface area contributed by atoms with Crippen molar-refractivity contribution in [2.75, 3.05) is 26.0 Å². The highest BCUT2D eigenvalue weighted by Gasteiger charge is 2.25. The highest BCUT2D eigenvalue weighted by molar-refractivity contribution is 5.99. The average molecular weight is 248 g/mol. The highest BCUT2D eigenvalue weighted by Crippen LogP contribution is 2.22. The summed E-state index contributed by atoms with van der Waals surface area (Å²) in [5.74, 6) is 0.0182. The van der Waals surface area contributed by atoms with Crippen molar-refractivity contribution in [3.63, 3.8) is 0 Å². The Labute approximate surface area is 108 Å². The number of anilines is 1. The molecule has 0 radical (unpaired) electrons. The number of carbonyl (C=O) groups is 1. The van der Waals surface area contributed by atoms with Crippen LogP contribution in [-0.4, -0.2) is 43.7 Å². The van der Waals surface area contributed by atoms with Crippen LogP contribution in [0.15, 0.2) is 24.3 Å². The Bertz CT molecular complexity index is 432. The van der Waals surface area contributed by atoms with Crippen molar-refractivity contribution in [1.82, 2.24) is 4.90 Å². The lowest BCUT2D eigenvalue weighted by Gasteiger charge is -2.20. The number of nitrogens with one attached hydrogen (secondary N) is 1. The van der Waals surface area contributed by atoms with Gasteiger partial charge in [-0.1, -0.05) is 12.1 Å². The van der Waals surface area contributed by atoms with Gasteiger partial charge in [-0.25, -0.2) is 0 Å². The summed E-state index contributed by atoms with van der Waals surface area (Å²) in [5, 5.41) is 3.42. The van der Waals surface area contributed by atoms with E-state index >= 15 is 0 Å². The van der Waals surface area contributed by atoms with Gasteiger partial charge in [-0.2, -0.15) is 0 Å². The Balaban J connectivity index is 2.19. The van der Waals surface area contributed by atoms with E-state index in [4.69, 9.17) is 4.74 Å². The molecule has 2 rings (SSSR count). The number of rotatable bonds is 3. The Morgan fingerprint density at radius 1 is 1.39 bits per heavy atom. The molecule has 1 amide bonds. The Morgan fingerprint density at radius 2 is 2.11 bits per heavy atom. The maximum Gasteiger partial charge on any atom is 0.255 e. The molecule has 1 aromatic carbocycles. The monoisotopic (exact) mass is 248 g/mol. The molecule has 1 aromatic rings. The van der Waals surface area contributed by atoms with Crippen LogP contribution in [0.4, 0.5) is 5.69 Å². The summed E-state index contributed by atoms with van der Waals surface area (Å²) < 4.78 is 5.53. The summed E-state index contributed by atoms with van der Waals surface area (Å²) >= 11 is 0. The molecule has 4 nitrogen and oxygen atoms in total. The van der Waals surface area contributed by atoms with E-state index in [0.717, 1.165) is 18.7 Å². The van der Waals surface area contributed by atoms with Gasteiger partial charge in [-0.3, -0.25) is 4.79 Å². The summed E-state index contributed by atoms with van der Waals surface area (Å²) in [7, 11) is 3.53. The molecule has 4 heteroatoms. The lowest BCUT2D eigenvalue weighted by Crippen LogP contribution is -2.29. The minimum atomic E-state index is 0.0182. The number of carbonyl (C=O) groups excluding carboxylic acids is 1. The molecule has 1 aliphatic heterocycles. The Morgan fingerprint density at radius 3 is 2.72 bits per heavy atom. The van der Waals surface area contributed by atoms with Gasteiger partial charge in [0.1, 0.15) is 0 Å². The third-order valence-corrected chi connectivity index (χ3v) is 3.28. The van der Waals surface area contributed by atoms with Crippen molar-refractivity contribution in [2.24, 2.45) is 0 Å². The van der Waals surface area contributed by atoms with Crippen molar-refractivity contribution in [3.05, 3.63) is 29.8 Å². The smallest absolute Gasteiger partial charge is 0.255 e. The van der Waals surface area contributed by atoms with Crippen LogP contribution in [0.1, 0.15) is 23.7 Å². The molecule has 1 N–H and O–H groups in total. The number of amides is 1. The minimum absolute atomic E-state index is 0.0182. The van der Waals surface area contributed by atoms with E-state index in [1.807, 2.05) is 24.3 Å². The first-order valence-electron chi connectivity index (χ1n) is 6.28. The first kappa shape index (κ1) is 12.9. The zero-order chi connectivity index (χ0) is 13.1. The fourth-order valence-corrected chi connectivity index (χ4v) is 2.16. The molecule has 0 aromatic heterocycles. The molecule has 18 heavy (non-hydrogen) atoms. The first-order valence-corrected chi connectivity index (χ1v) is 6.28. The predicted octanol–water partition coefficient (Wildman–Crippen LogP) is 1.98. The zero-order valence-corrected chi connectivity index (χ0v) is 11.1. The quantitative estimate of drug-likeness (QED) is 0.889. The van der Waals surface area contributed by atoms with E-state index in [2.05, 4.69) is 12.2 Å². The van der Waals surface area contributed by atoms with Crippen LogP contribution in [-0.2, 0) is 4.74 Å². The molecule has 0 aliphatic carbocycles. The largest absolute Gasteiger partial charge is 0.379 e. The van der Waals surface area contributed by atoms with E-state index in [0.29, 0.717) is 5.56 Å². The Kier molecular flexibility index (Phi) is 3.87.